The normalized spacial score (nSPS) is 15.7. The summed E-state index contributed by atoms with van der Waals surface area (Å²) in [6, 6.07) is 32.4. The van der Waals surface area contributed by atoms with E-state index in [1.54, 1.807) is 18.5 Å². The van der Waals surface area contributed by atoms with Gasteiger partial charge in [0.15, 0.2) is 0 Å². The van der Waals surface area contributed by atoms with E-state index in [9.17, 15) is 14.7 Å². The van der Waals surface area contributed by atoms with Gasteiger partial charge in [0.1, 0.15) is 24.7 Å². The van der Waals surface area contributed by atoms with Crippen LogP contribution in [0.5, 0.6) is 11.5 Å². The second-order valence-electron chi connectivity index (χ2n) is 18.3. The van der Waals surface area contributed by atoms with E-state index in [0.717, 1.165) is 62.5 Å². The first-order chi connectivity index (χ1) is 33.0. The maximum atomic E-state index is 12.3. The number of pyridine rings is 2. The van der Waals surface area contributed by atoms with Crippen LogP contribution in [0.3, 0.4) is 0 Å². The summed E-state index contributed by atoms with van der Waals surface area (Å²) in [5, 5.41) is 12.1. The Hall–Kier alpha value is -6.91. The number of benzene rings is 4. The number of hydrogen-bond acceptors (Lipinski definition) is 7. The largest absolute Gasteiger partial charge is 0.490 e. The molecular weight excluding hydrogens is 872 g/mol. The van der Waals surface area contributed by atoms with Crippen molar-refractivity contribution in [1.82, 2.24) is 19.1 Å². The van der Waals surface area contributed by atoms with E-state index in [4.69, 9.17) is 14.2 Å². The molecule has 0 radical (unpaired) electrons. The minimum absolute atomic E-state index is 0. The van der Waals surface area contributed by atoms with Crippen LogP contribution in [0, 0.1) is 0 Å². The number of fused-ring (bicyclic) bond motifs is 10. The molecule has 8 aromatic rings. The number of methoxy groups -OCH3 is 1. The first-order valence-corrected chi connectivity index (χ1v) is 24.0. The summed E-state index contributed by atoms with van der Waals surface area (Å²) in [4.78, 5) is 32.7. The summed E-state index contributed by atoms with van der Waals surface area (Å²) in [5.74, 6) is 1.59. The highest BCUT2D eigenvalue weighted by molar-refractivity contribution is 6.01. The number of ether oxygens (including phenoxy) is 3. The van der Waals surface area contributed by atoms with Gasteiger partial charge in [-0.05, 0) is 97.2 Å². The van der Waals surface area contributed by atoms with Gasteiger partial charge in [-0.15, -0.1) is 12.4 Å². The molecule has 1 N–H and O–H groups in total. The number of para-hydroxylation sites is 2. The number of halogens is 1. The van der Waals surface area contributed by atoms with Crippen LogP contribution in [0.25, 0.3) is 66.6 Å². The fourth-order valence-corrected chi connectivity index (χ4v) is 11.5. The van der Waals surface area contributed by atoms with Gasteiger partial charge in [0.05, 0.1) is 42.7 Å². The van der Waals surface area contributed by atoms with E-state index in [1.165, 1.54) is 105 Å². The quantitative estimate of drug-likeness (QED) is 0.164. The van der Waals surface area contributed by atoms with Gasteiger partial charge in [-0.25, -0.2) is 9.59 Å². The van der Waals surface area contributed by atoms with Crippen molar-refractivity contribution in [2.24, 2.45) is 0 Å². The number of aromatic nitrogens is 4. The average Bonchev–Trinajstić information content (AvgIpc) is 3.70. The van der Waals surface area contributed by atoms with Gasteiger partial charge in [0.2, 0.25) is 0 Å². The number of aromatic carboxylic acids is 1. The molecule has 0 atom stereocenters. The zero-order valence-corrected chi connectivity index (χ0v) is 39.1. The number of carboxylic acids is 1. The van der Waals surface area contributed by atoms with Crippen LogP contribution in [0.2, 0.25) is 0 Å². The number of carbonyl (C=O) groups excluding carboxylic acids is 1. The Bertz CT molecular complexity index is 3150. The Kier molecular flexibility index (Phi) is 12.8. The summed E-state index contributed by atoms with van der Waals surface area (Å²) in [7, 11) is 1.43. The summed E-state index contributed by atoms with van der Waals surface area (Å²) in [6.45, 7) is 2.50. The predicted molar refractivity (Wildman–Crippen MR) is 269 cm³/mol. The van der Waals surface area contributed by atoms with Gasteiger partial charge in [0, 0.05) is 80.0 Å². The van der Waals surface area contributed by atoms with Gasteiger partial charge < -0.3 is 28.5 Å². The molecule has 0 spiro atoms. The third kappa shape index (κ3) is 8.08. The minimum Gasteiger partial charge on any atom is -0.490 e. The van der Waals surface area contributed by atoms with E-state index in [-0.39, 0.29) is 18.4 Å². The zero-order chi connectivity index (χ0) is 45.4. The smallest absolute Gasteiger partial charge is 0.337 e. The Balaban J connectivity index is 0.000000156. The summed E-state index contributed by atoms with van der Waals surface area (Å²) in [5.41, 5.74) is 14.6. The molecule has 2 aliphatic heterocycles. The Labute approximate surface area is 402 Å². The maximum Gasteiger partial charge on any atom is 0.337 e. The molecule has 4 aromatic carbocycles. The monoisotopic (exact) mass is 926 g/mol. The second kappa shape index (κ2) is 19.4. The summed E-state index contributed by atoms with van der Waals surface area (Å²) in [6.07, 6.45) is 19.7. The zero-order valence-electron chi connectivity index (χ0n) is 38.3. The number of rotatable bonds is 6. The molecule has 2 saturated carbocycles. The molecule has 12 rings (SSSR count). The first-order valence-electron chi connectivity index (χ1n) is 24.0. The van der Waals surface area contributed by atoms with Crippen LogP contribution >= 0.6 is 12.4 Å². The van der Waals surface area contributed by atoms with Crippen LogP contribution in [-0.4, -0.2) is 56.5 Å². The maximum absolute atomic E-state index is 12.3. The van der Waals surface area contributed by atoms with Crippen LogP contribution < -0.4 is 9.47 Å². The molecule has 4 aromatic heterocycles. The van der Waals surface area contributed by atoms with E-state index in [1.807, 2.05) is 48.8 Å². The van der Waals surface area contributed by atoms with E-state index >= 15 is 0 Å². The highest BCUT2D eigenvalue weighted by Gasteiger charge is 2.33. The van der Waals surface area contributed by atoms with Crippen molar-refractivity contribution >= 4 is 46.2 Å². The van der Waals surface area contributed by atoms with E-state index in [0.29, 0.717) is 42.7 Å². The Morgan fingerprint density at radius 1 is 0.588 bits per heavy atom. The summed E-state index contributed by atoms with van der Waals surface area (Å²) < 4.78 is 22.5. The van der Waals surface area contributed by atoms with Crippen molar-refractivity contribution in [3.63, 3.8) is 0 Å². The molecule has 11 heteroatoms. The minimum atomic E-state index is -0.893. The standard InChI is InChI=1S/C29H28N2O3.C28H26N2O3.ClH/c1-33-29(32)20-12-13-23-25(17-20)31-15-16-34-28-22(21-9-6-14-30-18-21)10-5-11-24(28)27(31)26(23)19-7-3-2-4-8-19;31-28(32)19-11-12-22-24(16-19)30-14-15-33-27-21(20-8-5-13-29-17-20)9-4-10-23(27)26(30)25(22)18-6-2-1-3-7-18;/h5-6,9-14,17-19H,2-4,7-8,15-16H2,1H3;4-5,8-13,16-18H,1-3,6-7,14-15H2,(H,31,32);1H. The fourth-order valence-electron chi connectivity index (χ4n) is 11.5. The lowest BCUT2D eigenvalue weighted by Crippen LogP contribution is -2.07. The number of carboxylic acid groups (broad SMARTS) is 1. The van der Waals surface area contributed by atoms with Crippen molar-refractivity contribution in [3.8, 4) is 56.3 Å². The fraction of sp³-hybridized carbons (Fsp3) is 0.298. The molecule has 68 heavy (non-hydrogen) atoms. The summed E-state index contributed by atoms with van der Waals surface area (Å²) >= 11 is 0. The van der Waals surface area contributed by atoms with Crippen molar-refractivity contribution in [2.45, 2.75) is 89.1 Å². The molecule has 2 aliphatic carbocycles. The lowest BCUT2D eigenvalue weighted by Gasteiger charge is -2.24. The van der Waals surface area contributed by atoms with Crippen molar-refractivity contribution in [3.05, 3.63) is 144 Å². The molecule has 2 fully saturated rings. The molecule has 0 saturated heterocycles. The molecule has 6 heterocycles. The molecular formula is C57H55ClN4O6. The van der Waals surface area contributed by atoms with E-state index in [2.05, 4.69) is 73.7 Å². The lowest BCUT2D eigenvalue weighted by molar-refractivity contribution is 0.0600. The number of hydrogen-bond donors (Lipinski definition) is 1. The first kappa shape index (κ1) is 44.9. The van der Waals surface area contributed by atoms with Gasteiger partial charge in [-0.1, -0.05) is 87.1 Å². The van der Waals surface area contributed by atoms with Crippen LogP contribution in [0.1, 0.15) is 108 Å². The Morgan fingerprint density at radius 3 is 1.49 bits per heavy atom. The van der Waals surface area contributed by atoms with Crippen LogP contribution in [0.4, 0.5) is 0 Å². The molecule has 0 unspecified atom stereocenters. The average molecular weight is 928 g/mol. The van der Waals surface area contributed by atoms with Crippen molar-refractivity contribution in [2.75, 3.05) is 20.3 Å². The van der Waals surface area contributed by atoms with Crippen molar-refractivity contribution in [1.29, 1.82) is 0 Å². The number of esters is 1. The molecule has 0 bridgehead atoms. The van der Waals surface area contributed by atoms with Gasteiger partial charge in [0.25, 0.3) is 0 Å². The lowest BCUT2D eigenvalue weighted by atomic mass is 9.81. The van der Waals surface area contributed by atoms with Gasteiger partial charge in [-0.3, -0.25) is 9.97 Å². The SMILES string of the molecule is COC(=O)c1ccc2c(C3CCCCC3)c3n(c2c1)CCOc1c(-c2cccnc2)cccc1-3.Cl.O=C(O)c1ccc2c(C3CCCCC3)c3n(c2c1)CCOc1c(-c2cccnc2)cccc1-3. The molecule has 346 valence electrons. The van der Waals surface area contributed by atoms with Crippen molar-refractivity contribution < 1.29 is 28.9 Å². The number of nitrogens with zero attached hydrogens (tertiary/aromatic N) is 4. The van der Waals surface area contributed by atoms with Gasteiger partial charge >= 0.3 is 11.9 Å². The van der Waals surface area contributed by atoms with Crippen LogP contribution in [0.15, 0.2) is 122 Å². The Morgan fingerprint density at radius 2 is 1.04 bits per heavy atom. The predicted octanol–water partition coefficient (Wildman–Crippen LogP) is 13.5. The van der Waals surface area contributed by atoms with Gasteiger partial charge in [-0.2, -0.15) is 0 Å². The molecule has 0 amide bonds. The highest BCUT2D eigenvalue weighted by Crippen LogP contribution is 2.51. The van der Waals surface area contributed by atoms with Crippen LogP contribution in [-0.2, 0) is 17.8 Å². The number of carbonyl (C=O) groups is 2. The third-order valence-electron chi connectivity index (χ3n) is 14.5. The molecule has 4 aliphatic rings. The third-order valence-corrected chi connectivity index (χ3v) is 14.5. The second-order valence-corrected chi connectivity index (χ2v) is 18.3. The van der Waals surface area contributed by atoms with E-state index < -0.39 is 5.97 Å². The highest BCUT2D eigenvalue weighted by atomic mass is 35.5. The molecule has 10 nitrogen and oxygen atoms in total. The topological polar surface area (TPSA) is 118 Å².